The van der Waals surface area contributed by atoms with Crippen molar-refractivity contribution in [3.63, 3.8) is 0 Å². The Bertz CT molecular complexity index is 697. The molecule has 3 aromatic rings. The van der Waals surface area contributed by atoms with Gasteiger partial charge in [-0.1, -0.05) is 0 Å². The van der Waals surface area contributed by atoms with Crippen LogP contribution in [0.1, 0.15) is 5.01 Å². The van der Waals surface area contributed by atoms with Crippen molar-refractivity contribution in [1.29, 1.82) is 0 Å². The number of aromatic amines is 1. The van der Waals surface area contributed by atoms with Crippen molar-refractivity contribution in [2.45, 2.75) is 6.92 Å². The maximum absolute atomic E-state index is 4.52. The van der Waals surface area contributed by atoms with Crippen molar-refractivity contribution < 1.29 is 0 Å². The summed E-state index contributed by atoms with van der Waals surface area (Å²) in [4.78, 5) is 19.5. The predicted molar refractivity (Wildman–Crippen MR) is 74.1 cm³/mol. The highest BCUT2D eigenvalue weighted by Crippen LogP contribution is 2.25. The number of aryl methyl sites for hydroxylation is 1. The second-order valence-corrected chi connectivity index (χ2v) is 5.50. The van der Waals surface area contributed by atoms with E-state index in [-0.39, 0.29) is 0 Å². The molecule has 18 heavy (non-hydrogen) atoms. The molecule has 0 atom stereocenters. The molecule has 6 heteroatoms. The number of hydrogen-bond donors (Lipinski definition) is 1. The number of rotatable bonds is 2. The number of fused-ring (bicyclic) bond motifs is 1. The van der Waals surface area contributed by atoms with Crippen molar-refractivity contribution in [2.75, 3.05) is 19.0 Å². The van der Waals surface area contributed by atoms with Crippen LogP contribution in [0.2, 0.25) is 0 Å². The lowest BCUT2D eigenvalue weighted by atomic mass is 10.4. The zero-order chi connectivity index (χ0) is 12.7. The molecule has 0 radical (unpaired) electrons. The van der Waals surface area contributed by atoms with Crippen LogP contribution in [0.25, 0.3) is 21.9 Å². The van der Waals surface area contributed by atoms with Crippen LogP contribution in [0.3, 0.4) is 0 Å². The lowest BCUT2D eigenvalue weighted by Gasteiger charge is -2.09. The Morgan fingerprint density at radius 1 is 1.22 bits per heavy atom. The molecular weight excluding hydrogens is 246 g/mol. The minimum atomic E-state index is 0.738. The van der Waals surface area contributed by atoms with Crippen LogP contribution in [-0.2, 0) is 0 Å². The molecule has 3 rings (SSSR count). The zero-order valence-corrected chi connectivity index (χ0v) is 11.2. The van der Waals surface area contributed by atoms with Gasteiger partial charge in [-0.15, -0.1) is 11.3 Å². The van der Waals surface area contributed by atoms with E-state index in [4.69, 9.17) is 0 Å². The molecule has 0 saturated carbocycles. The fourth-order valence-corrected chi connectivity index (χ4v) is 2.44. The van der Waals surface area contributed by atoms with Crippen molar-refractivity contribution >= 4 is 28.3 Å². The first-order valence-corrected chi connectivity index (χ1v) is 6.42. The molecular formula is C12H13N5S. The molecule has 1 N–H and O–H groups in total. The van der Waals surface area contributed by atoms with Crippen LogP contribution < -0.4 is 4.90 Å². The van der Waals surface area contributed by atoms with Crippen molar-refractivity contribution in [3.05, 3.63) is 23.3 Å². The topological polar surface area (TPSA) is 57.7 Å². The third-order valence-corrected chi connectivity index (χ3v) is 3.56. The van der Waals surface area contributed by atoms with Crippen LogP contribution >= 0.6 is 11.3 Å². The largest absolute Gasteiger partial charge is 0.363 e. The molecule has 0 aromatic carbocycles. The molecule has 0 saturated heterocycles. The van der Waals surface area contributed by atoms with Crippen LogP contribution in [0, 0.1) is 6.92 Å². The van der Waals surface area contributed by atoms with Crippen molar-refractivity contribution in [1.82, 2.24) is 19.9 Å². The molecule has 0 unspecified atom stereocenters. The number of hydrogen-bond acceptors (Lipinski definition) is 5. The van der Waals surface area contributed by atoms with E-state index in [0.29, 0.717) is 0 Å². The number of pyridine rings is 1. The maximum atomic E-state index is 4.52. The summed E-state index contributed by atoms with van der Waals surface area (Å²) in [6.07, 6.45) is 1.84. The number of H-pyrrole nitrogens is 1. The first kappa shape index (κ1) is 11.2. The monoisotopic (exact) mass is 259 g/mol. The van der Waals surface area contributed by atoms with Gasteiger partial charge in [-0.2, -0.15) is 0 Å². The Morgan fingerprint density at radius 2 is 2.06 bits per heavy atom. The molecule has 0 aliphatic heterocycles. The Balaban J connectivity index is 2.11. The van der Waals surface area contributed by atoms with Crippen LogP contribution in [-0.4, -0.2) is 34.0 Å². The summed E-state index contributed by atoms with van der Waals surface area (Å²) >= 11 is 1.62. The number of imidazole rings is 1. The van der Waals surface area contributed by atoms with Gasteiger partial charge in [0.05, 0.1) is 15.4 Å². The zero-order valence-electron chi connectivity index (χ0n) is 10.4. The van der Waals surface area contributed by atoms with Gasteiger partial charge in [0.1, 0.15) is 5.82 Å². The van der Waals surface area contributed by atoms with Gasteiger partial charge in [0.15, 0.2) is 11.5 Å². The summed E-state index contributed by atoms with van der Waals surface area (Å²) in [5.41, 5.74) is 1.68. The van der Waals surface area contributed by atoms with E-state index in [9.17, 15) is 0 Å². The first-order chi connectivity index (χ1) is 8.63. The number of nitrogens with zero attached hydrogens (tertiary/aromatic N) is 4. The van der Waals surface area contributed by atoms with E-state index in [2.05, 4.69) is 19.9 Å². The minimum absolute atomic E-state index is 0.738. The van der Waals surface area contributed by atoms with E-state index in [1.165, 1.54) is 0 Å². The second kappa shape index (κ2) is 4.06. The van der Waals surface area contributed by atoms with Gasteiger partial charge in [-0.25, -0.2) is 15.0 Å². The third-order valence-electron chi connectivity index (χ3n) is 2.64. The average molecular weight is 259 g/mol. The first-order valence-electron chi connectivity index (χ1n) is 5.60. The molecule has 3 heterocycles. The molecule has 0 bridgehead atoms. The Morgan fingerprint density at radius 3 is 2.72 bits per heavy atom. The van der Waals surface area contributed by atoms with Crippen LogP contribution in [0.15, 0.2) is 18.3 Å². The molecule has 0 aliphatic carbocycles. The van der Waals surface area contributed by atoms with Crippen molar-refractivity contribution in [2.24, 2.45) is 0 Å². The normalized spacial score (nSPS) is 11.1. The highest BCUT2D eigenvalue weighted by Gasteiger charge is 2.09. The van der Waals surface area contributed by atoms with Gasteiger partial charge in [-0.3, -0.25) is 0 Å². The van der Waals surface area contributed by atoms with Gasteiger partial charge in [0, 0.05) is 20.3 Å². The molecule has 92 valence electrons. The lowest BCUT2D eigenvalue weighted by molar-refractivity contribution is 1.08. The fraction of sp³-hybridized carbons (Fsp3) is 0.250. The number of nitrogens with one attached hydrogen (secondary N) is 1. The SMILES string of the molecule is Cc1ncc(-c2nc3nc(N(C)C)ccc3[nH]2)s1. The van der Waals surface area contributed by atoms with E-state index >= 15 is 0 Å². The maximum Gasteiger partial charge on any atom is 0.180 e. The number of anilines is 1. The molecule has 3 aromatic heterocycles. The highest BCUT2D eigenvalue weighted by molar-refractivity contribution is 7.14. The van der Waals surface area contributed by atoms with Gasteiger partial charge in [0.2, 0.25) is 0 Å². The minimum Gasteiger partial charge on any atom is -0.363 e. The van der Waals surface area contributed by atoms with Crippen LogP contribution in [0.5, 0.6) is 0 Å². The van der Waals surface area contributed by atoms with Crippen LogP contribution in [0.4, 0.5) is 5.82 Å². The average Bonchev–Trinajstić information content (AvgIpc) is 2.93. The Labute approximate surface area is 109 Å². The quantitative estimate of drug-likeness (QED) is 0.768. The standard InChI is InChI=1S/C12H13N5S/c1-7-13-6-9(18-7)12-14-8-4-5-10(17(2)3)15-11(8)16-12/h4-6H,1-3H3,(H,14,15,16). The van der Waals surface area contributed by atoms with Gasteiger partial charge < -0.3 is 9.88 Å². The predicted octanol–water partition coefficient (Wildman–Crippen LogP) is 2.46. The molecule has 0 spiro atoms. The molecule has 0 aliphatic rings. The van der Waals surface area contributed by atoms with Gasteiger partial charge >= 0.3 is 0 Å². The second-order valence-electron chi connectivity index (χ2n) is 4.26. The van der Waals surface area contributed by atoms with E-state index in [1.54, 1.807) is 11.3 Å². The summed E-state index contributed by atoms with van der Waals surface area (Å²) < 4.78 is 0. The van der Waals surface area contributed by atoms with E-state index in [0.717, 1.165) is 32.7 Å². The summed E-state index contributed by atoms with van der Waals surface area (Å²) in [6.45, 7) is 1.99. The molecule has 0 amide bonds. The highest BCUT2D eigenvalue weighted by atomic mass is 32.1. The smallest absolute Gasteiger partial charge is 0.180 e. The van der Waals surface area contributed by atoms with Gasteiger partial charge in [-0.05, 0) is 19.1 Å². The summed E-state index contributed by atoms with van der Waals surface area (Å²) in [7, 11) is 3.93. The van der Waals surface area contributed by atoms with E-state index in [1.807, 2.05) is 44.2 Å². The number of aromatic nitrogens is 4. The summed E-state index contributed by atoms with van der Waals surface area (Å²) in [5, 5.41) is 1.03. The molecule has 5 nitrogen and oxygen atoms in total. The fourth-order valence-electron chi connectivity index (χ4n) is 1.72. The summed E-state index contributed by atoms with van der Waals surface area (Å²) in [5.74, 6) is 1.74. The Kier molecular flexibility index (Phi) is 2.52. The van der Waals surface area contributed by atoms with Crippen molar-refractivity contribution in [3.8, 4) is 10.7 Å². The summed E-state index contributed by atoms with van der Waals surface area (Å²) in [6, 6.07) is 3.98. The Hall–Kier alpha value is -1.95. The van der Waals surface area contributed by atoms with Gasteiger partial charge in [0.25, 0.3) is 0 Å². The number of thiazole rings is 1. The third kappa shape index (κ3) is 1.84. The lowest BCUT2D eigenvalue weighted by Crippen LogP contribution is -2.10. The van der Waals surface area contributed by atoms with E-state index < -0.39 is 0 Å². The molecule has 0 fully saturated rings.